The number of carbonyl (C=O) groups excluding carboxylic acids is 1. The molecule has 8 nitrogen and oxygen atoms in total. The minimum atomic E-state index is -0.399. The van der Waals surface area contributed by atoms with E-state index in [1.165, 1.54) is 6.07 Å². The Labute approximate surface area is 211 Å². The second kappa shape index (κ2) is 14.4. The summed E-state index contributed by atoms with van der Waals surface area (Å²) in [7, 11) is 4.68. The van der Waals surface area contributed by atoms with Crippen molar-refractivity contribution in [2.45, 2.75) is 20.4 Å². The molecule has 0 saturated carbocycles. The lowest BCUT2D eigenvalue weighted by Crippen LogP contribution is -2.41. The lowest BCUT2D eigenvalue weighted by Gasteiger charge is -2.14. The third kappa shape index (κ3) is 8.26. The van der Waals surface area contributed by atoms with Gasteiger partial charge in [-0.25, -0.2) is 9.38 Å². The summed E-state index contributed by atoms with van der Waals surface area (Å²) in [6.07, 6.45) is 0. The van der Waals surface area contributed by atoms with E-state index in [4.69, 9.17) is 14.2 Å². The van der Waals surface area contributed by atoms with Crippen LogP contribution in [0.5, 0.6) is 17.2 Å². The summed E-state index contributed by atoms with van der Waals surface area (Å²) >= 11 is 0. The molecule has 0 aliphatic rings. The van der Waals surface area contributed by atoms with Crippen molar-refractivity contribution in [1.82, 2.24) is 16.0 Å². The van der Waals surface area contributed by atoms with Crippen LogP contribution in [-0.2, 0) is 6.54 Å². The fourth-order valence-corrected chi connectivity index (χ4v) is 2.93. The summed E-state index contributed by atoms with van der Waals surface area (Å²) < 4.78 is 29.7. The first-order valence-electron chi connectivity index (χ1n) is 10.3. The van der Waals surface area contributed by atoms with Gasteiger partial charge in [-0.05, 0) is 49.2 Å². The summed E-state index contributed by atoms with van der Waals surface area (Å²) in [5.74, 6) is 1.51. The number of aryl methyl sites for hydroxylation is 1. The quantitative estimate of drug-likeness (QED) is 0.175. The molecule has 0 radical (unpaired) electrons. The van der Waals surface area contributed by atoms with Gasteiger partial charge in [-0.3, -0.25) is 4.79 Å². The van der Waals surface area contributed by atoms with Gasteiger partial charge in [-0.2, -0.15) is 0 Å². The molecule has 3 N–H and O–H groups in total. The molecule has 2 aromatic rings. The highest BCUT2D eigenvalue weighted by atomic mass is 127. The van der Waals surface area contributed by atoms with Gasteiger partial charge in [-0.15, -0.1) is 24.0 Å². The van der Waals surface area contributed by atoms with Crippen molar-refractivity contribution >= 4 is 35.8 Å². The number of ether oxygens (including phenoxy) is 3. The molecule has 0 unspecified atom stereocenters. The SMILES string of the molecule is CCNC(=NCc1cc(OC)c(OC)c(OC)c1)NCCNC(=O)c1ccc(C)c(F)c1.I. The van der Waals surface area contributed by atoms with Gasteiger partial charge in [0.1, 0.15) is 5.82 Å². The molecular weight excluding hydrogens is 542 g/mol. The molecule has 0 heterocycles. The molecular formula is C23H32FIN4O4. The van der Waals surface area contributed by atoms with Crippen LogP contribution in [0.15, 0.2) is 35.3 Å². The Morgan fingerprint density at radius 2 is 1.61 bits per heavy atom. The minimum absolute atomic E-state index is 0. The average Bonchev–Trinajstić information content (AvgIpc) is 2.80. The number of nitrogens with one attached hydrogen (secondary N) is 3. The fourth-order valence-electron chi connectivity index (χ4n) is 2.93. The van der Waals surface area contributed by atoms with E-state index in [-0.39, 0.29) is 35.4 Å². The maximum atomic E-state index is 13.6. The molecule has 0 spiro atoms. The minimum Gasteiger partial charge on any atom is -0.493 e. The molecule has 0 saturated heterocycles. The number of halogens is 2. The van der Waals surface area contributed by atoms with E-state index >= 15 is 0 Å². The molecule has 2 aromatic carbocycles. The number of methoxy groups -OCH3 is 3. The Morgan fingerprint density at radius 3 is 2.15 bits per heavy atom. The van der Waals surface area contributed by atoms with Crippen LogP contribution in [0.4, 0.5) is 4.39 Å². The van der Waals surface area contributed by atoms with E-state index < -0.39 is 5.82 Å². The topological polar surface area (TPSA) is 93.2 Å². The number of guanidine groups is 1. The largest absolute Gasteiger partial charge is 0.493 e. The number of amides is 1. The summed E-state index contributed by atoms with van der Waals surface area (Å²) in [5, 5.41) is 9.08. The maximum Gasteiger partial charge on any atom is 0.251 e. The molecule has 1 amide bonds. The summed E-state index contributed by atoms with van der Waals surface area (Å²) in [6, 6.07) is 8.11. The molecule has 2 rings (SSSR count). The number of hydrogen-bond acceptors (Lipinski definition) is 5. The van der Waals surface area contributed by atoms with Crippen LogP contribution < -0.4 is 30.2 Å². The summed E-state index contributed by atoms with van der Waals surface area (Å²) in [4.78, 5) is 16.7. The van der Waals surface area contributed by atoms with Crippen LogP contribution in [0.1, 0.15) is 28.4 Å². The highest BCUT2D eigenvalue weighted by Gasteiger charge is 2.13. The number of nitrogens with zero attached hydrogens (tertiary/aromatic N) is 1. The third-order valence-corrected chi connectivity index (χ3v) is 4.63. The lowest BCUT2D eigenvalue weighted by molar-refractivity contribution is 0.0954. The van der Waals surface area contributed by atoms with E-state index in [2.05, 4.69) is 20.9 Å². The van der Waals surface area contributed by atoms with Crippen LogP contribution in [0.2, 0.25) is 0 Å². The maximum absolute atomic E-state index is 13.6. The van der Waals surface area contributed by atoms with Crippen LogP contribution in [0.25, 0.3) is 0 Å². The van der Waals surface area contributed by atoms with Gasteiger partial charge in [0, 0.05) is 25.2 Å². The average molecular weight is 574 g/mol. The molecule has 182 valence electrons. The summed E-state index contributed by atoms with van der Waals surface area (Å²) in [5.41, 5.74) is 1.67. The summed E-state index contributed by atoms with van der Waals surface area (Å²) in [6.45, 7) is 5.46. The Balaban J connectivity index is 0.00000544. The van der Waals surface area contributed by atoms with Gasteiger partial charge in [0.05, 0.1) is 27.9 Å². The molecule has 0 aliphatic heterocycles. The Hall–Kier alpha value is -2.76. The van der Waals surface area contributed by atoms with E-state index in [9.17, 15) is 9.18 Å². The normalized spacial score (nSPS) is 10.7. The van der Waals surface area contributed by atoms with Gasteiger partial charge < -0.3 is 30.2 Å². The number of aliphatic imine (C=N–C) groups is 1. The van der Waals surface area contributed by atoms with Crippen LogP contribution in [0, 0.1) is 12.7 Å². The smallest absolute Gasteiger partial charge is 0.251 e. The Morgan fingerprint density at radius 1 is 0.970 bits per heavy atom. The zero-order chi connectivity index (χ0) is 23.5. The standard InChI is InChI=1S/C23H31FN4O4.HI/c1-6-25-23(27-10-9-26-22(29)17-8-7-15(2)18(24)13-17)28-14-16-11-19(30-3)21(32-5)20(12-16)31-4;/h7-8,11-13H,6,9-10,14H2,1-5H3,(H,26,29)(H2,25,27,28);1H. The van der Waals surface area contributed by atoms with Crippen LogP contribution in [-0.4, -0.2) is 52.8 Å². The zero-order valence-electron chi connectivity index (χ0n) is 19.6. The Bertz CT molecular complexity index is 931. The number of rotatable bonds is 10. The van der Waals surface area contributed by atoms with Gasteiger partial charge >= 0.3 is 0 Å². The molecule has 10 heteroatoms. The number of benzene rings is 2. The van der Waals surface area contributed by atoms with E-state index in [1.807, 2.05) is 19.1 Å². The molecule has 33 heavy (non-hydrogen) atoms. The monoisotopic (exact) mass is 574 g/mol. The van der Waals surface area contributed by atoms with Crippen LogP contribution in [0.3, 0.4) is 0 Å². The molecule has 0 fully saturated rings. The zero-order valence-corrected chi connectivity index (χ0v) is 21.9. The first kappa shape index (κ1) is 28.3. The van der Waals surface area contributed by atoms with Crippen molar-refractivity contribution in [2.24, 2.45) is 4.99 Å². The highest BCUT2D eigenvalue weighted by Crippen LogP contribution is 2.38. The second-order valence-electron chi connectivity index (χ2n) is 6.88. The first-order chi connectivity index (χ1) is 15.4. The molecule has 0 bridgehead atoms. The van der Waals surface area contributed by atoms with Gasteiger partial charge in [0.25, 0.3) is 5.91 Å². The number of carbonyl (C=O) groups is 1. The van der Waals surface area contributed by atoms with Crippen molar-refractivity contribution < 1.29 is 23.4 Å². The molecule has 0 aromatic heterocycles. The van der Waals surface area contributed by atoms with Crippen molar-refractivity contribution in [3.8, 4) is 17.2 Å². The van der Waals surface area contributed by atoms with Crippen molar-refractivity contribution in [2.75, 3.05) is 41.0 Å². The van der Waals surface area contributed by atoms with Crippen molar-refractivity contribution in [3.63, 3.8) is 0 Å². The number of hydrogen-bond donors (Lipinski definition) is 3. The van der Waals surface area contributed by atoms with E-state index in [0.717, 1.165) is 5.56 Å². The van der Waals surface area contributed by atoms with Gasteiger partial charge in [0.15, 0.2) is 17.5 Å². The van der Waals surface area contributed by atoms with Crippen molar-refractivity contribution in [1.29, 1.82) is 0 Å². The highest BCUT2D eigenvalue weighted by molar-refractivity contribution is 14.0. The van der Waals surface area contributed by atoms with Gasteiger partial charge in [0.2, 0.25) is 5.75 Å². The first-order valence-corrected chi connectivity index (χ1v) is 10.3. The fraction of sp³-hybridized carbons (Fsp3) is 0.391. The molecule has 0 atom stereocenters. The third-order valence-electron chi connectivity index (χ3n) is 4.63. The lowest BCUT2D eigenvalue weighted by atomic mass is 10.1. The predicted molar refractivity (Wildman–Crippen MR) is 138 cm³/mol. The molecule has 0 aliphatic carbocycles. The Kier molecular flexibility index (Phi) is 12.3. The predicted octanol–water partition coefficient (Wildman–Crippen LogP) is 3.26. The van der Waals surface area contributed by atoms with Gasteiger partial charge in [-0.1, -0.05) is 6.07 Å². The second-order valence-corrected chi connectivity index (χ2v) is 6.88. The van der Waals surface area contributed by atoms with E-state index in [1.54, 1.807) is 40.4 Å². The van der Waals surface area contributed by atoms with Crippen LogP contribution >= 0.6 is 24.0 Å². The van der Waals surface area contributed by atoms with Crippen molar-refractivity contribution in [3.05, 3.63) is 52.8 Å². The van der Waals surface area contributed by atoms with E-state index in [0.29, 0.717) is 55.0 Å².